The second-order valence-corrected chi connectivity index (χ2v) is 8.14. The summed E-state index contributed by atoms with van der Waals surface area (Å²) in [5.74, 6) is -0.729. The first-order chi connectivity index (χ1) is 11.4. The normalized spacial score (nSPS) is 30.0. The third-order valence-corrected chi connectivity index (χ3v) is 6.01. The van der Waals surface area contributed by atoms with Crippen molar-refractivity contribution < 1.29 is 13.2 Å². The number of hydrogen-bond donors (Lipinski definition) is 3. The number of anilines is 1. The minimum absolute atomic E-state index is 0. The van der Waals surface area contributed by atoms with Crippen LogP contribution in [0, 0.1) is 5.92 Å². The first kappa shape index (κ1) is 19.8. The van der Waals surface area contributed by atoms with Gasteiger partial charge in [0.05, 0.1) is 5.69 Å². The van der Waals surface area contributed by atoms with Crippen LogP contribution in [0.3, 0.4) is 0 Å². The summed E-state index contributed by atoms with van der Waals surface area (Å²) in [5.41, 5.74) is 5.46. The zero-order valence-electron chi connectivity index (χ0n) is 13.9. The minimum atomic E-state index is -3.96. The Balaban J connectivity index is 0.00000225. The smallest absolute Gasteiger partial charge is 0.266 e. The maximum atomic E-state index is 12.6. The van der Waals surface area contributed by atoms with E-state index in [2.05, 4.69) is 10.0 Å². The highest BCUT2D eigenvalue weighted by molar-refractivity contribution is 7.90. The molecule has 0 aromatic heterocycles. The molecule has 0 saturated heterocycles. The van der Waals surface area contributed by atoms with Gasteiger partial charge in [-0.2, -0.15) is 0 Å². The zero-order valence-corrected chi connectivity index (χ0v) is 15.5. The summed E-state index contributed by atoms with van der Waals surface area (Å²) < 4.78 is 27.4. The molecule has 1 aromatic rings. The van der Waals surface area contributed by atoms with Crippen LogP contribution in [0.4, 0.5) is 5.69 Å². The lowest BCUT2D eigenvalue weighted by Gasteiger charge is -2.15. The molecule has 1 aliphatic heterocycles. The molecule has 6 nitrogen and oxygen atoms in total. The summed E-state index contributed by atoms with van der Waals surface area (Å²) in [4.78, 5) is 12.4. The highest BCUT2D eigenvalue weighted by atomic mass is 35.5. The van der Waals surface area contributed by atoms with Gasteiger partial charge >= 0.3 is 0 Å². The van der Waals surface area contributed by atoms with E-state index in [1.807, 2.05) is 12.2 Å². The van der Waals surface area contributed by atoms with Gasteiger partial charge in [0.2, 0.25) is 0 Å². The van der Waals surface area contributed by atoms with E-state index in [1.165, 1.54) is 6.07 Å². The second-order valence-electron chi connectivity index (χ2n) is 6.49. The van der Waals surface area contributed by atoms with Crippen molar-refractivity contribution in [2.75, 3.05) is 11.9 Å². The van der Waals surface area contributed by atoms with Crippen molar-refractivity contribution in [3.63, 3.8) is 0 Å². The largest absolute Gasteiger partial charge is 0.384 e. The number of nitrogens with two attached hydrogens (primary N) is 1. The first-order valence-electron chi connectivity index (χ1n) is 8.29. The number of nitrogens with one attached hydrogen (secondary N) is 2. The number of carbonyl (C=O) groups excluding carboxylic acids is 1. The lowest BCUT2D eigenvalue weighted by Crippen LogP contribution is -2.46. The number of para-hydroxylation sites is 1. The van der Waals surface area contributed by atoms with Gasteiger partial charge in [-0.3, -0.25) is 4.79 Å². The van der Waals surface area contributed by atoms with Crippen molar-refractivity contribution in [2.24, 2.45) is 11.7 Å². The number of rotatable bonds is 0. The maximum Gasteiger partial charge on any atom is 0.266 e. The predicted molar refractivity (Wildman–Crippen MR) is 100 cm³/mol. The third kappa shape index (κ3) is 4.34. The van der Waals surface area contributed by atoms with Crippen molar-refractivity contribution in [2.45, 2.75) is 42.5 Å². The summed E-state index contributed by atoms with van der Waals surface area (Å²) in [6.45, 7) is 0.688. The van der Waals surface area contributed by atoms with E-state index in [9.17, 15) is 13.2 Å². The molecule has 0 spiro atoms. The van der Waals surface area contributed by atoms with Crippen LogP contribution in [-0.2, 0) is 14.8 Å². The van der Waals surface area contributed by atoms with E-state index in [0.29, 0.717) is 18.7 Å². The number of benzene rings is 1. The summed E-state index contributed by atoms with van der Waals surface area (Å²) in [6, 6.07) is 6.60. The fraction of sp³-hybridized carbons (Fsp3) is 0.471. The molecule has 2 aliphatic rings. The second kappa shape index (κ2) is 7.76. The molecular formula is C17H24ClN3O3S. The quantitative estimate of drug-likeness (QED) is 0.594. The van der Waals surface area contributed by atoms with Gasteiger partial charge in [0.15, 0.2) is 0 Å². The first-order valence-corrected chi connectivity index (χ1v) is 9.77. The van der Waals surface area contributed by atoms with E-state index < -0.39 is 21.5 Å². The van der Waals surface area contributed by atoms with Crippen molar-refractivity contribution in [3.8, 4) is 0 Å². The molecule has 138 valence electrons. The number of hydrogen-bond acceptors (Lipinski definition) is 5. The Morgan fingerprint density at radius 1 is 1.16 bits per heavy atom. The van der Waals surface area contributed by atoms with E-state index in [-0.39, 0.29) is 23.2 Å². The SMILES string of the molecule is Cl.N[C@]12C[C@H]1/C=C/CCCCCNc1ccccc1S(=O)(=O)NC2=O. The molecule has 1 heterocycles. The number of halogens is 1. The Bertz CT molecular complexity index is 766. The molecule has 1 aliphatic carbocycles. The van der Waals surface area contributed by atoms with Gasteiger partial charge in [0.1, 0.15) is 10.4 Å². The lowest BCUT2D eigenvalue weighted by atomic mass is 10.1. The molecule has 1 aromatic carbocycles. The number of sulfonamides is 1. The van der Waals surface area contributed by atoms with Gasteiger partial charge < -0.3 is 11.1 Å². The topological polar surface area (TPSA) is 101 Å². The van der Waals surface area contributed by atoms with Crippen LogP contribution in [0.1, 0.15) is 32.1 Å². The molecule has 0 radical (unpaired) electrons. The number of allylic oxidation sites excluding steroid dienone is 1. The molecule has 8 heteroatoms. The molecule has 2 atom stereocenters. The average molecular weight is 386 g/mol. The molecule has 1 saturated carbocycles. The van der Waals surface area contributed by atoms with Crippen LogP contribution < -0.4 is 15.8 Å². The van der Waals surface area contributed by atoms with Gasteiger partial charge in [0, 0.05) is 12.5 Å². The number of carbonyl (C=O) groups is 1. The Hall–Kier alpha value is -1.57. The van der Waals surface area contributed by atoms with E-state index in [0.717, 1.165) is 25.7 Å². The molecule has 1 amide bonds. The standard InChI is InChI=1S/C17H23N3O3S.ClH/c18-17-12-13(17)8-4-2-1-3-7-11-19-14-9-5-6-10-15(14)24(22,23)20-16(17)21;/h4-6,8-10,13,19H,1-3,7,11-12,18H2,(H,20,21);1H/b8-4+;/t13-,17-;/m1./s1. The van der Waals surface area contributed by atoms with Crippen LogP contribution in [0.2, 0.25) is 0 Å². The van der Waals surface area contributed by atoms with Crippen LogP contribution in [0.5, 0.6) is 0 Å². The monoisotopic (exact) mass is 385 g/mol. The van der Waals surface area contributed by atoms with Crippen molar-refractivity contribution in [1.29, 1.82) is 0 Å². The number of fused-ring (bicyclic) bond motifs is 2. The molecule has 0 unspecified atom stereocenters. The Labute approximate surface area is 154 Å². The van der Waals surface area contributed by atoms with E-state index >= 15 is 0 Å². The minimum Gasteiger partial charge on any atom is -0.384 e. The summed E-state index contributed by atoms with van der Waals surface area (Å²) in [6.07, 6.45) is 8.49. The lowest BCUT2D eigenvalue weighted by molar-refractivity contribution is -0.121. The summed E-state index contributed by atoms with van der Waals surface area (Å²) >= 11 is 0. The maximum absolute atomic E-state index is 12.6. The van der Waals surface area contributed by atoms with Gasteiger partial charge in [0.25, 0.3) is 15.9 Å². The fourth-order valence-electron chi connectivity index (χ4n) is 2.97. The molecule has 4 N–H and O–H groups in total. The summed E-state index contributed by atoms with van der Waals surface area (Å²) in [7, 11) is -3.96. The average Bonchev–Trinajstić information content (AvgIpc) is 3.21. The van der Waals surface area contributed by atoms with Crippen LogP contribution in [0.25, 0.3) is 0 Å². The zero-order chi connectivity index (χ0) is 17.2. The third-order valence-electron chi connectivity index (χ3n) is 4.62. The van der Waals surface area contributed by atoms with Crippen LogP contribution in [-0.4, -0.2) is 26.4 Å². The molecular weight excluding hydrogens is 362 g/mol. The Kier molecular flexibility index (Phi) is 6.13. The van der Waals surface area contributed by atoms with Crippen LogP contribution >= 0.6 is 12.4 Å². The van der Waals surface area contributed by atoms with Gasteiger partial charge in [-0.25, -0.2) is 13.1 Å². The van der Waals surface area contributed by atoms with Gasteiger partial charge in [-0.15, -0.1) is 12.4 Å². The van der Waals surface area contributed by atoms with E-state index in [1.54, 1.807) is 18.2 Å². The molecule has 1 fully saturated rings. The van der Waals surface area contributed by atoms with E-state index in [4.69, 9.17) is 5.73 Å². The molecule has 0 bridgehead atoms. The Morgan fingerprint density at radius 3 is 2.72 bits per heavy atom. The number of amides is 1. The van der Waals surface area contributed by atoms with Gasteiger partial charge in [-0.05, 0) is 37.8 Å². The highest BCUT2D eigenvalue weighted by Gasteiger charge is 2.56. The molecule has 3 rings (SSSR count). The predicted octanol–water partition coefficient (Wildman–Crippen LogP) is 2.17. The van der Waals surface area contributed by atoms with Crippen LogP contribution in [0.15, 0.2) is 41.3 Å². The molecule has 25 heavy (non-hydrogen) atoms. The van der Waals surface area contributed by atoms with Crippen molar-refractivity contribution in [3.05, 3.63) is 36.4 Å². The Morgan fingerprint density at radius 2 is 1.92 bits per heavy atom. The van der Waals surface area contributed by atoms with Gasteiger partial charge in [-0.1, -0.05) is 30.7 Å². The van der Waals surface area contributed by atoms with Crippen molar-refractivity contribution in [1.82, 2.24) is 4.72 Å². The highest BCUT2D eigenvalue weighted by Crippen LogP contribution is 2.42. The van der Waals surface area contributed by atoms with Crippen molar-refractivity contribution >= 4 is 34.0 Å². The fourth-order valence-corrected chi connectivity index (χ4v) is 4.20. The summed E-state index contributed by atoms with van der Waals surface area (Å²) in [5, 5.41) is 3.15.